The summed E-state index contributed by atoms with van der Waals surface area (Å²) in [5.74, 6) is -0.155. The third-order valence-electron chi connectivity index (χ3n) is 5.81. The molecule has 3 aromatic carbocycles. The predicted molar refractivity (Wildman–Crippen MR) is 131 cm³/mol. The molecular weight excluding hydrogens is 396 g/mol. The Hall–Kier alpha value is -3.21. The van der Waals surface area contributed by atoms with E-state index in [4.69, 9.17) is 0 Å². The second kappa shape index (κ2) is 10.4. The summed E-state index contributed by atoms with van der Waals surface area (Å²) in [5.41, 5.74) is 6.46. The van der Waals surface area contributed by atoms with Crippen molar-refractivity contribution in [3.63, 3.8) is 0 Å². The van der Waals surface area contributed by atoms with Crippen LogP contribution in [0.15, 0.2) is 78.9 Å². The Morgan fingerprint density at radius 2 is 1.84 bits per heavy atom. The van der Waals surface area contributed by atoms with E-state index >= 15 is 0 Å². The number of hydrogen-bond donors (Lipinski definition) is 2. The van der Waals surface area contributed by atoms with Crippen molar-refractivity contribution < 1.29 is 9.90 Å². The average molecular weight is 427 g/mol. The quantitative estimate of drug-likeness (QED) is 0.528. The summed E-state index contributed by atoms with van der Waals surface area (Å²) in [5, 5.41) is 12.7. The van der Waals surface area contributed by atoms with Crippen LogP contribution in [0.2, 0.25) is 0 Å². The van der Waals surface area contributed by atoms with Crippen molar-refractivity contribution >= 4 is 17.7 Å². The summed E-state index contributed by atoms with van der Waals surface area (Å²) in [6, 6.07) is 24.5. The minimum Gasteiger partial charge on any atom is -0.392 e. The number of hydrogen-bond acceptors (Lipinski definition) is 3. The molecule has 0 spiro atoms. The van der Waals surface area contributed by atoms with Crippen molar-refractivity contribution in [3.8, 4) is 11.1 Å². The first-order chi connectivity index (χ1) is 15.5. The fourth-order valence-corrected chi connectivity index (χ4v) is 4.05. The van der Waals surface area contributed by atoms with Crippen LogP contribution in [0.4, 0.5) is 5.69 Å². The number of carbonyl (C=O) groups is 1. The molecule has 1 aliphatic heterocycles. The molecule has 32 heavy (non-hydrogen) atoms. The summed E-state index contributed by atoms with van der Waals surface area (Å²) in [6.07, 6.45) is 5.12. The molecule has 4 nitrogen and oxygen atoms in total. The first kappa shape index (κ1) is 22.0. The molecule has 1 unspecified atom stereocenters. The number of benzene rings is 3. The number of β-amino-alcohol motifs (C(OH)–C–C–N with tert-alkyl or cyclic N) is 1. The number of aliphatic hydroxyl groups is 1. The number of anilines is 1. The van der Waals surface area contributed by atoms with Gasteiger partial charge in [-0.1, -0.05) is 60.2 Å². The summed E-state index contributed by atoms with van der Waals surface area (Å²) >= 11 is 0. The van der Waals surface area contributed by atoms with Crippen molar-refractivity contribution in [1.82, 2.24) is 4.90 Å². The fourth-order valence-electron chi connectivity index (χ4n) is 4.05. The van der Waals surface area contributed by atoms with Gasteiger partial charge in [-0.2, -0.15) is 0 Å². The molecule has 164 valence electrons. The zero-order chi connectivity index (χ0) is 22.3. The number of amides is 1. The van der Waals surface area contributed by atoms with E-state index in [2.05, 4.69) is 53.5 Å². The van der Waals surface area contributed by atoms with Crippen molar-refractivity contribution in [2.45, 2.75) is 32.4 Å². The number of nitrogens with zero attached hydrogens (tertiary/aromatic N) is 1. The van der Waals surface area contributed by atoms with Crippen LogP contribution in [0.1, 0.15) is 29.5 Å². The number of aryl methyl sites for hydroxylation is 1. The van der Waals surface area contributed by atoms with E-state index < -0.39 is 0 Å². The highest BCUT2D eigenvalue weighted by Crippen LogP contribution is 2.21. The third-order valence-corrected chi connectivity index (χ3v) is 5.81. The van der Waals surface area contributed by atoms with Crippen molar-refractivity contribution in [2.24, 2.45) is 0 Å². The van der Waals surface area contributed by atoms with Gasteiger partial charge in [0.2, 0.25) is 5.91 Å². The highest BCUT2D eigenvalue weighted by Gasteiger charge is 2.17. The third kappa shape index (κ3) is 6.16. The Morgan fingerprint density at radius 1 is 1.06 bits per heavy atom. The van der Waals surface area contributed by atoms with Crippen LogP contribution in [-0.4, -0.2) is 35.1 Å². The van der Waals surface area contributed by atoms with Crippen LogP contribution in [0.25, 0.3) is 17.2 Å². The molecule has 0 bridgehead atoms. The average Bonchev–Trinajstić information content (AvgIpc) is 2.80. The van der Waals surface area contributed by atoms with Gasteiger partial charge in [-0.05, 0) is 72.8 Å². The molecule has 0 aromatic heterocycles. The number of nitrogens with one attached hydrogen (secondary N) is 1. The fraction of sp³-hybridized carbons (Fsp3) is 0.250. The van der Waals surface area contributed by atoms with Crippen molar-refractivity contribution in [2.75, 3.05) is 18.4 Å². The van der Waals surface area contributed by atoms with Gasteiger partial charge in [0.15, 0.2) is 0 Å². The minimum atomic E-state index is -0.216. The molecule has 0 aliphatic carbocycles. The first-order valence-electron chi connectivity index (χ1n) is 11.2. The van der Waals surface area contributed by atoms with Crippen LogP contribution in [0.5, 0.6) is 0 Å². The van der Waals surface area contributed by atoms with E-state index in [0.717, 1.165) is 54.9 Å². The number of rotatable bonds is 6. The molecule has 0 radical (unpaired) electrons. The van der Waals surface area contributed by atoms with Gasteiger partial charge in [0, 0.05) is 24.9 Å². The SMILES string of the molecule is Cc1ccc(-c2cccc(/C=C/C(=O)Nc3ccc(CN4CCCC(O)C4)cc3)c2)cc1. The highest BCUT2D eigenvalue weighted by atomic mass is 16.3. The second-order valence-electron chi connectivity index (χ2n) is 8.54. The van der Waals surface area contributed by atoms with Gasteiger partial charge in [-0.25, -0.2) is 0 Å². The summed E-state index contributed by atoms with van der Waals surface area (Å²) in [7, 11) is 0. The summed E-state index contributed by atoms with van der Waals surface area (Å²) in [6.45, 7) is 4.65. The Labute approximate surface area is 190 Å². The number of carbonyl (C=O) groups excluding carboxylic acids is 1. The Morgan fingerprint density at radius 3 is 2.59 bits per heavy atom. The lowest BCUT2D eigenvalue weighted by molar-refractivity contribution is -0.111. The molecule has 0 saturated carbocycles. The number of likely N-dealkylation sites (tertiary alicyclic amines) is 1. The molecule has 1 saturated heterocycles. The smallest absolute Gasteiger partial charge is 0.248 e. The van der Waals surface area contributed by atoms with Crippen LogP contribution < -0.4 is 5.32 Å². The van der Waals surface area contributed by atoms with E-state index in [0.29, 0.717) is 0 Å². The normalized spacial score (nSPS) is 16.9. The van der Waals surface area contributed by atoms with Crippen LogP contribution in [-0.2, 0) is 11.3 Å². The molecule has 3 aromatic rings. The molecule has 2 N–H and O–H groups in total. The lowest BCUT2D eigenvalue weighted by atomic mass is 10.0. The predicted octanol–water partition coefficient (Wildman–Crippen LogP) is 5.27. The molecule has 1 atom stereocenters. The Kier molecular flexibility index (Phi) is 7.15. The maximum atomic E-state index is 12.4. The standard InChI is InChI=1S/C28H30N2O2/c1-21-7-12-24(13-8-21)25-5-2-4-22(18-25)11-16-28(32)29-26-14-9-23(10-15-26)19-30-17-3-6-27(31)20-30/h2,4-5,7-16,18,27,31H,3,6,17,19-20H2,1H3,(H,29,32)/b16-11+. The van der Waals surface area contributed by atoms with Gasteiger partial charge in [0.05, 0.1) is 6.10 Å². The monoisotopic (exact) mass is 426 g/mol. The zero-order valence-electron chi connectivity index (χ0n) is 18.5. The molecule has 1 fully saturated rings. The first-order valence-corrected chi connectivity index (χ1v) is 11.2. The van der Waals surface area contributed by atoms with Crippen molar-refractivity contribution in [3.05, 3.63) is 95.6 Å². The van der Waals surface area contributed by atoms with Gasteiger partial charge in [-0.3, -0.25) is 9.69 Å². The lowest BCUT2D eigenvalue weighted by Gasteiger charge is -2.29. The topological polar surface area (TPSA) is 52.6 Å². The molecule has 1 heterocycles. The number of aliphatic hydroxyl groups excluding tert-OH is 1. The maximum Gasteiger partial charge on any atom is 0.248 e. The van der Waals surface area contributed by atoms with Gasteiger partial charge < -0.3 is 10.4 Å². The van der Waals surface area contributed by atoms with Gasteiger partial charge in [0.1, 0.15) is 0 Å². The molecular formula is C28H30N2O2. The number of piperidine rings is 1. The lowest BCUT2D eigenvalue weighted by Crippen LogP contribution is -2.37. The largest absolute Gasteiger partial charge is 0.392 e. The second-order valence-corrected chi connectivity index (χ2v) is 8.54. The Bertz CT molecular complexity index is 1070. The minimum absolute atomic E-state index is 0.155. The molecule has 4 rings (SSSR count). The molecule has 4 heteroatoms. The van der Waals surface area contributed by atoms with E-state index in [1.165, 1.54) is 11.1 Å². The summed E-state index contributed by atoms with van der Waals surface area (Å²) in [4.78, 5) is 14.7. The summed E-state index contributed by atoms with van der Waals surface area (Å²) < 4.78 is 0. The van der Waals surface area contributed by atoms with E-state index in [1.54, 1.807) is 6.08 Å². The molecule has 1 aliphatic rings. The van der Waals surface area contributed by atoms with Crippen LogP contribution in [0, 0.1) is 6.92 Å². The van der Waals surface area contributed by atoms with Crippen LogP contribution >= 0.6 is 0 Å². The van der Waals surface area contributed by atoms with Gasteiger partial charge in [-0.15, -0.1) is 0 Å². The highest BCUT2D eigenvalue weighted by molar-refractivity contribution is 6.02. The van der Waals surface area contributed by atoms with Gasteiger partial charge >= 0.3 is 0 Å². The van der Waals surface area contributed by atoms with Crippen LogP contribution in [0.3, 0.4) is 0 Å². The maximum absolute atomic E-state index is 12.4. The zero-order valence-corrected chi connectivity index (χ0v) is 18.5. The van der Waals surface area contributed by atoms with Crippen molar-refractivity contribution in [1.29, 1.82) is 0 Å². The van der Waals surface area contributed by atoms with E-state index in [1.807, 2.05) is 42.5 Å². The van der Waals surface area contributed by atoms with Gasteiger partial charge in [0.25, 0.3) is 0 Å². The Balaban J connectivity index is 1.33. The van der Waals surface area contributed by atoms with E-state index in [9.17, 15) is 9.90 Å². The van der Waals surface area contributed by atoms with E-state index in [-0.39, 0.29) is 12.0 Å². The molecule has 1 amide bonds.